The molecule has 1 unspecified atom stereocenters. The standard InChI is InChI=1S/C24H26N4O3S2/c1-17(32-23-16-22(25-18(2)26-23)19-8-4-3-5-9-19)24(29)27-20-10-12-21(13-11-20)33(30,31)28-14-6-7-15-28/h3-5,8-13,16-17H,6-7,14-15H2,1-2H3,(H,27,29). The van der Waals surface area contributed by atoms with E-state index in [0.717, 1.165) is 29.1 Å². The van der Waals surface area contributed by atoms with Crippen LogP contribution in [0.4, 0.5) is 5.69 Å². The highest BCUT2D eigenvalue weighted by atomic mass is 32.2. The molecule has 2 heterocycles. The van der Waals surface area contributed by atoms with E-state index in [1.54, 1.807) is 24.3 Å². The second kappa shape index (κ2) is 10.0. The van der Waals surface area contributed by atoms with Crippen molar-refractivity contribution >= 4 is 33.4 Å². The first-order chi connectivity index (χ1) is 15.8. The van der Waals surface area contributed by atoms with Gasteiger partial charge in [-0.15, -0.1) is 0 Å². The lowest BCUT2D eigenvalue weighted by Gasteiger charge is -2.16. The van der Waals surface area contributed by atoms with Gasteiger partial charge in [0.05, 0.1) is 15.8 Å². The summed E-state index contributed by atoms with van der Waals surface area (Å²) in [4.78, 5) is 22.0. The molecule has 0 radical (unpaired) electrons. The third-order valence-electron chi connectivity index (χ3n) is 5.38. The van der Waals surface area contributed by atoms with Gasteiger partial charge in [0.2, 0.25) is 15.9 Å². The van der Waals surface area contributed by atoms with E-state index in [-0.39, 0.29) is 10.8 Å². The minimum Gasteiger partial charge on any atom is -0.325 e. The van der Waals surface area contributed by atoms with Gasteiger partial charge in [0.25, 0.3) is 0 Å². The molecule has 1 atom stereocenters. The van der Waals surface area contributed by atoms with Crippen LogP contribution in [0.2, 0.25) is 0 Å². The molecule has 0 saturated carbocycles. The number of sulfonamides is 1. The van der Waals surface area contributed by atoms with Crippen molar-refractivity contribution in [2.75, 3.05) is 18.4 Å². The Morgan fingerprint density at radius 1 is 1.03 bits per heavy atom. The Labute approximate surface area is 198 Å². The molecule has 1 N–H and O–H groups in total. The smallest absolute Gasteiger partial charge is 0.243 e. The Balaban J connectivity index is 1.41. The molecular weight excluding hydrogens is 456 g/mol. The van der Waals surface area contributed by atoms with E-state index in [9.17, 15) is 13.2 Å². The number of hydrogen-bond donors (Lipinski definition) is 1. The maximum absolute atomic E-state index is 12.7. The number of nitrogens with zero attached hydrogens (tertiary/aromatic N) is 3. The highest BCUT2D eigenvalue weighted by Crippen LogP contribution is 2.27. The van der Waals surface area contributed by atoms with E-state index in [4.69, 9.17) is 0 Å². The van der Waals surface area contributed by atoms with E-state index < -0.39 is 15.3 Å². The molecule has 1 fully saturated rings. The van der Waals surface area contributed by atoms with Crippen LogP contribution in [0, 0.1) is 6.92 Å². The number of carbonyl (C=O) groups excluding carboxylic acids is 1. The van der Waals surface area contributed by atoms with Crippen molar-refractivity contribution in [3.8, 4) is 11.3 Å². The number of nitrogens with one attached hydrogen (secondary N) is 1. The molecule has 1 aromatic heterocycles. The summed E-state index contributed by atoms with van der Waals surface area (Å²) in [5.41, 5.74) is 2.36. The normalized spacial score (nSPS) is 15.3. The molecule has 1 aliphatic heterocycles. The maximum Gasteiger partial charge on any atom is 0.243 e. The van der Waals surface area contributed by atoms with Crippen LogP contribution in [0.15, 0.2) is 70.6 Å². The van der Waals surface area contributed by atoms with Crippen LogP contribution in [0.3, 0.4) is 0 Å². The summed E-state index contributed by atoms with van der Waals surface area (Å²) in [6.45, 7) is 4.76. The third kappa shape index (κ3) is 5.61. The van der Waals surface area contributed by atoms with Gasteiger partial charge in [-0.25, -0.2) is 18.4 Å². The van der Waals surface area contributed by atoms with Gasteiger partial charge in [0.15, 0.2) is 0 Å². The molecule has 2 aromatic carbocycles. The Morgan fingerprint density at radius 2 is 1.70 bits per heavy atom. The Morgan fingerprint density at radius 3 is 2.36 bits per heavy atom. The van der Waals surface area contributed by atoms with E-state index in [2.05, 4.69) is 15.3 Å². The van der Waals surface area contributed by atoms with Crippen LogP contribution in [0.1, 0.15) is 25.6 Å². The van der Waals surface area contributed by atoms with E-state index in [1.807, 2.05) is 50.2 Å². The molecule has 1 aliphatic rings. The predicted molar refractivity (Wildman–Crippen MR) is 131 cm³/mol. The second-order valence-corrected chi connectivity index (χ2v) is 11.2. The highest BCUT2D eigenvalue weighted by Gasteiger charge is 2.27. The second-order valence-electron chi connectivity index (χ2n) is 7.89. The van der Waals surface area contributed by atoms with Crippen LogP contribution < -0.4 is 5.32 Å². The van der Waals surface area contributed by atoms with E-state index in [1.165, 1.54) is 16.1 Å². The van der Waals surface area contributed by atoms with E-state index in [0.29, 0.717) is 24.6 Å². The zero-order chi connectivity index (χ0) is 23.4. The maximum atomic E-state index is 12.7. The third-order valence-corrected chi connectivity index (χ3v) is 8.31. The number of rotatable bonds is 7. The SMILES string of the molecule is Cc1nc(SC(C)C(=O)Nc2ccc(S(=O)(=O)N3CCCC3)cc2)cc(-c2ccccc2)n1. The average Bonchev–Trinajstić information content (AvgIpc) is 3.36. The molecule has 0 spiro atoms. The zero-order valence-electron chi connectivity index (χ0n) is 18.6. The van der Waals surface area contributed by atoms with Gasteiger partial charge < -0.3 is 5.32 Å². The van der Waals surface area contributed by atoms with E-state index >= 15 is 0 Å². The van der Waals surface area contributed by atoms with Crippen molar-refractivity contribution in [3.63, 3.8) is 0 Å². The number of benzene rings is 2. The summed E-state index contributed by atoms with van der Waals surface area (Å²) >= 11 is 1.35. The largest absolute Gasteiger partial charge is 0.325 e. The average molecular weight is 483 g/mol. The topological polar surface area (TPSA) is 92.3 Å². The number of aryl methyl sites for hydroxylation is 1. The van der Waals surface area contributed by atoms with Crippen LogP contribution in [0.5, 0.6) is 0 Å². The lowest BCUT2D eigenvalue weighted by atomic mass is 10.1. The van der Waals surface area contributed by atoms with Gasteiger partial charge in [-0.05, 0) is 57.0 Å². The number of anilines is 1. The van der Waals surface area contributed by atoms with Gasteiger partial charge in [0.1, 0.15) is 10.9 Å². The molecule has 172 valence electrons. The van der Waals surface area contributed by atoms with Crippen molar-refractivity contribution in [1.82, 2.24) is 14.3 Å². The van der Waals surface area contributed by atoms with Gasteiger partial charge in [-0.3, -0.25) is 4.79 Å². The number of amides is 1. The van der Waals surface area contributed by atoms with Crippen molar-refractivity contribution in [2.45, 2.75) is 41.9 Å². The molecule has 1 saturated heterocycles. The summed E-state index contributed by atoms with van der Waals surface area (Å²) in [5.74, 6) is 0.453. The molecule has 0 bridgehead atoms. The first-order valence-corrected chi connectivity index (χ1v) is 13.1. The van der Waals surface area contributed by atoms with Crippen molar-refractivity contribution in [2.24, 2.45) is 0 Å². The van der Waals surface area contributed by atoms with Gasteiger partial charge in [-0.2, -0.15) is 4.31 Å². The fraction of sp³-hybridized carbons (Fsp3) is 0.292. The first-order valence-electron chi connectivity index (χ1n) is 10.8. The summed E-state index contributed by atoms with van der Waals surface area (Å²) < 4.78 is 26.8. The Hall–Kier alpha value is -2.75. The number of aromatic nitrogens is 2. The molecule has 7 nitrogen and oxygen atoms in total. The molecule has 9 heteroatoms. The van der Waals surface area contributed by atoms with Crippen molar-refractivity contribution in [1.29, 1.82) is 0 Å². The number of hydrogen-bond acceptors (Lipinski definition) is 6. The summed E-state index contributed by atoms with van der Waals surface area (Å²) in [6.07, 6.45) is 1.78. The molecule has 4 rings (SSSR count). The number of carbonyl (C=O) groups is 1. The Bertz CT molecular complexity index is 1230. The fourth-order valence-electron chi connectivity index (χ4n) is 3.62. The molecule has 1 amide bonds. The monoisotopic (exact) mass is 482 g/mol. The summed E-state index contributed by atoms with van der Waals surface area (Å²) in [7, 11) is -3.47. The van der Waals surface area contributed by atoms with Crippen molar-refractivity contribution in [3.05, 3.63) is 66.5 Å². The van der Waals surface area contributed by atoms with Crippen LogP contribution in [0.25, 0.3) is 11.3 Å². The minimum atomic E-state index is -3.47. The highest BCUT2D eigenvalue weighted by molar-refractivity contribution is 8.00. The summed E-state index contributed by atoms with van der Waals surface area (Å²) in [6, 6.07) is 18.1. The lowest BCUT2D eigenvalue weighted by Crippen LogP contribution is -2.27. The lowest BCUT2D eigenvalue weighted by molar-refractivity contribution is -0.115. The fourth-order valence-corrected chi connectivity index (χ4v) is 6.03. The predicted octanol–water partition coefficient (Wildman–Crippen LogP) is 4.36. The molecular formula is C24H26N4O3S2. The van der Waals surface area contributed by atoms with Gasteiger partial charge >= 0.3 is 0 Å². The molecule has 3 aromatic rings. The van der Waals surface area contributed by atoms with Crippen molar-refractivity contribution < 1.29 is 13.2 Å². The zero-order valence-corrected chi connectivity index (χ0v) is 20.2. The van der Waals surface area contributed by atoms with Crippen LogP contribution in [-0.2, 0) is 14.8 Å². The molecule has 0 aliphatic carbocycles. The number of thioether (sulfide) groups is 1. The molecule has 33 heavy (non-hydrogen) atoms. The first kappa shape index (κ1) is 23.4. The van der Waals surface area contributed by atoms with Gasteiger partial charge in [0, 0.05) is 24.3 Å². The van der Waals surface area contributed by atoms with Crippen LogP contribution >= 0.6 is 11.8 Å². The van der Waals surface area contributed by atoms with Crippen LogP contribution in [-0.4, -0.2) is 46.9 Å². The summed E-state index contributed by atoms with van der Waals surface area (Å²) in [5, 5.41) is 3.17. The Kier molecular flexibility index (Phi) is 7.11. The van der Waals surface area contributed by atoms with Gasteiger partial charge in [-0.1, -0.05) is 42.1 Å². The minimum absolute atomic E-state index is 0.187. The quantitative estimate of drug-likeness (QED) is 0.397.